The third kappa shape index (κ3) is 6.02. The fourth-order valence-corrected chi connectivity index (χ4v) is 6.34. The summed E-state index contributed by atoms with van der Waals surface area (Å²) in [5.41, 5.74) is 3.03. The number of thiazole rings is 1. The number of hydrogen-bond acceptors (Lipinski definition) is 7. The number of aromatic nitrogens is 1. The van der Waals surface area contributed by atoms with Gasteiger partial charge in [-0.05, 0) is 77.3 Å². The van der Waals surface area contributed by atoms with Crippen LogP contribution in [0, 0.1) is 0 Å². The summed E-state index contributed by atoms with van der Waals surface area (Å²) in [7, 11) is 1.58. The quantitative estimate of drug-likeness (QED) is 0.225. The Morgan fingerprint density at radius 1 is 1.15 bits per heavy atom. The van der Waals surface area contributed by atoms with Crippen LogP contribution in [0.15, 0.2) is 92.3 Å². The zero-order valence-electron chi connectivity index (χ0n) is 22.5. The van der Waals surface area contributed by atoms with Crippen molar-refractivity contribution >= 4 is 50.9 Å². The van der Waals surface area contributed by atoms with E-state index < -0.39 is 12.0 Å². The highest BCUT2D eigenvalue weighted by molar-refractivity contribution is 9.10. The van der Waals surface area contributed by atoms with Crippen LogP contribution in [0.5, 0.6) is 11.5 Å². The van der Waals surface area contributed by atoms with Gasteiger partial charge in [-0.2, -0.15) is 0 Å². The van der Waals surface area contributed by atoms with Crippen LogP contribution in [-0.2, 0) is 16.1 Å². The first-order valence-electron chi connectivity index (χ1n) is 12.8. The average molecular weight is 654 g/mol. The van der Waals surface area contributed by atoms with Crippen molar-refractivity contribution in [2.45, 2.75) is 26.5 Å². The third-order valence-corrected chi connectivity index (χ3v) is 8.51. The predicted molar refractivity (Wildman–Crippen MR) is 163 cm³/mol. The molecule has 0 aliphatic carbocycles. The molecule has 1 aromatic heterocycles. The highest BCUT2D eigenvalue weighted by atomic mass is 79.9. The molecule has 1 aliphatic rings. The number of rotatable bonds is 8. The van der Waals surface area contributed by atoms with Crippen molar-refractivity contribution in [1.82, 2.24) is 4.57 Å². The van der Waals surface area contributed by atoms with Crippen LogP contribution in [-0.4, -0.2) is 24.3 Å². The highest BCUT2D eigenvalue weighted by Crippen LogP contribution is 2.35. The van der Waals surface area contributed by atoms with Crippen molar-refractivity contribution in [1.29, 1.82) is 0 Å². The summed E-state index contributed by atoms with van der Waals surface area (Å²) in [5, 5.41) is 0.654. The molecule has 1 atom stereocenters. The molecule has 10 heteroatoms. The fourth-order valence-electron chi connectivity index (χ4n) is 4.55. The molecule has 0 saturated heterocycles. The van der Waals surface area contributed by atoms with Gasteiger partial charge in [0.15, 0.2) is 4.80 Å². The van der Waals surface area contributed by atoms with Gasteiger partial charge in [0.25, 0.3) is 5.56 Å². The lowest BCUT2D eigenvalue weighted by Crippen LogP contribution is -2.39. The lowest BCUT2D eigenvalue weighted by molar-refractivity contribution is -0.139. The van der Waals surface area contributed by atoms with Gasteiger partial charge in [-0.1, -0.05) is 59.3 Å². The summed E-state index contributed by atoms with van der Waals surface area (Å²) in [4.78, 5) is 32.1. The number of allylic oxidation sites excluding steroid dienone is 1. The molecule has 210 valence electrons. The molecule has 0 radical (unpaired) electrons. The van der Waals surface area contributed by atoms with Crippen LogP contribution in [0.3, 0.4) is 0 Å². The molecule has 0 N–H and O–H groups in total. The molecule has 41 heavy (non-hydrogen) atoms. The van der Waals surface area contributed by atoms with Gasteiger partial charge < -0.3 is 14.2 Å². The van der Waals surface area contributed by atoms with Crippen molar-refractivity contribution in [3.8, 4) is 11.5 Å². The average Bonchev–Trinajstić information content (AvgIpc) is 3.26. The minimum Gasteiger partial charge on any atom is -0.496 e. The Morgan fingerprint density at radius 2 is 1.90 bits per heavy atom. The van der Waals surface area contributed by atoms with Crippen LogP contribution in [0.4, 0.5) is 0 Å². The highest BCUT2D eigenvalue weighted by Gasteiger charge is 2.33. The maximum Gasteiger partial charge on any atom is 0.338 e. The number of ether oxygens (including phenoxy) is 3. The zero-order chi connectivity index (χ0) is 29.1. The Kier molecular flexibility index (Phi) is 8.77. The molecule has 1 unspecified atom stereocenters. The molecule has 4 aromatic rings. The Labute approximate surface area is 254 Å². The van der Waals surface area contributed by atoms with Gasteiger partial charge in [-0.25, -0.2) is 9.79 Å². The minimum atomic E-state index is -0.713. The number of methoxy groups -OCH3 is 1. The number of fused-ring (bicyclic) bond motifs is 1. The Bertz CT molecular complexity index is 1830. The van der Waals surface area contributed by atoms with Gasteiger partial charge >= 0.3 is 5.97 Å². The second-order valence-electron chi connectivity index (χ2n) is 9.15. The van der Waals surface area contributed by atoms with E-state index in [1.165, 1.54) is 11.3 Å². The molecule has 0 spiro atoms. The maximum atomic E-state index is 13.8. The molecule has 7 nitrogen and oxygen atoms in total. The van der Waals surface area contributed by atoms with E-state index >= 15 is 0 Å². The molecule has 0 bridgehead atoms. The monoisotopic (exact) mass is 652 g/mol. The summed E-state index contributed by atoms with van der Waals surface area (Å²) >= 11 is 11.0. The molecule has 1 aliphatic heterocycles. The zero-order valence-corrected chi connectivity index (χ0v) is 25.7. The summed E-state index contributed by atoms with van der Waals surface area (Å²) in [6, 6.07) is 19.8. The molecule has 3 aromatic carbocycles. The van der Waals surface area contributed by atoms with Gasteiger partial charge in [-0.3, -0.25) is 9.36 Å². The first-order valence-corrected chi connectivity index (χ1v) is 14.8. The van der Waals surface area contributed by atoms with E-state index in [4.69, 9.17) is 25.8 Å². The van der Waals surface area contributed by atoms with E-state index in [-0.39, 0.29) is 12.2 Å². The first-order chi connectivity index (χ1) is 19.8. The Balaban J connectivity index is 1.52. The van der Waals surface area contributed by atoms with Gasteiger partial charge in [-0.15, -0.1) is 0 Å². The lowest BCUT2D eigenvalue weighted by Gasteiger charge is -2.25. The summed E-state index contributed by atoms with van der Waals surface area (Å²) in [6.45, 7) is 4.06. The van der Waals surface area contributed by atoms with Crippen molar-refractivity contribution in [2.24, 2.45) is 4.99 Å². The van der Waals surface area contributed by atoms with Crippen LogP contribution >= 0.6 is 38.9 Å². The van der Waals surface area contributed by atoms with Crippen LogP contribution in [0.2, 0.25) is 5.02 Å². The van der Waals surface area contributed by atoms with E-state index in [0.29, 0.717) is 48.2 Å². The number of halogens is 2. The number of hydrogen-bond donors (Lipinski definition) is 0. The van der Waals surface area contributed by atoms with E-state index in [9.17, 15) is 9.59 Å². The second-order valence-corrected chi connectivity index (χ2v) is 11.4. The van der Waals surface area contributed by atoms with E-state index in [1.807, 2.05) is 66.7 Å². The van der Waals surface area contributed by atoms with Gasteiger partial charge in [0.2, 0.25) is 0 Å². The molecule has 5 rings (SSSR count). The summed E-state index contributed by atoms with van der Waals surface area (Å²) in [6.07, 6.45) is 1.81. The summed E-state index contributed by atoms with van der Waals surface area (Å²) in [5.74, 6) is 0.814. The first kappa shape index (κ1) is 28.9. The number of nitrogens with zero attached hydrogens (tertiary/aromatic N) is 2. The van der Waals surface area contributed by atoms with Crippen molar-refractivity contribution in [2.75, 3.05) is 13.7 Å². The van der Waals surface area contributed by atoms with E-state index in [1.54, 1.807) is 31.6 Å². The summed E-state index contributed by atoms with van der Waals surface area (Å²) < 4.78 is 19.4. The number of esters is 1. The van der Waals surface area contributed by atoms with Gasteiger partial charge in [0.1, 0.15) is 18.1 Å². The Hall–Kier alpha value is -3.66. The van der Waals surface area contributed by atoms with Gasteiger partial charge in [0, 0.05) is 10.6 Å². The normalized spacial score (nSPS) is 14.9. The maximum absolute atomic E-state index is 13.8. The molecule has 0 amide bonds. The van der Waals surface area contributed by atoms with Gasteiger partial charge in [0.05, 0.1) is 40.0 Å². The molecular formula is C31H26BrClN2O5S. The van der Waals surface area contributed by atoms with Crippen LogP contribution in [0.25, 0.3) is 6.08 Å². The van der Waals surface area contributed by atoms with Crippen molar-refractivity contribution in [3.63, 3.8) is 0 Å². The smallest absolute Gasteiger partial charge is 0.338 e. The van der Waals surface area contributed by atoms with Crippen LogP contribution < -0.4 is 24.4 Å². The topological polar surface area (TPSA) is 79.1 Å². The standard InChI is InChI=1S/C31H26BrClN2O5S/c1-4-39-30(37)27-18(2)34-31-35(28(27)20-11-14-25(38-3)23(32)16-20)29(36)26(41-31)15-19-9-12-22(13-10-19)40-17-21-7-5-6-8-24(21)33/h5-16,28H,4,17H2,1-3H3/b26-15-. The molecular weight excluding hydrogens is 628 g/mol. The lowest BCUT2D eigenvalue weighted by atomic mass is 9.96. The largest absolute Gasteiger partial charge is 0.496 e. The van der Waals surface area contributed by atoms with Crippen LogP contribution in [0.1, 0.15) is 36.6 Å². The predicted octanol–water partition coefficient (Wildman–Crippen LogP) is 5.80. The van der Waals surface area contributed by atoms with Crippen molar-refractivity contribution in [3.05, 3.63) is 124 Å². The number of benzene rings is 3. The third-order valence-electron chi connectivity index (χ3n) is 6.54. The SMILES string of the molecule is CCOC(=O)C1=C(C)N=c2s/c(=C\c3ccc(OCc4ccccc4Cl)cc3)c(=O)n2C1c1ccc(OC)c(Br)c1. The van der Waals surface area contributed by atoms with Crippen molar-refractivity contribution < 1.29 is 19.0 Å². The van der Waals surface area contributed by atoms with E-state index in [0.717, 1.165) is 16.7 Å². The Morgan fingerprint density at radius 3 is 2.59 bits per heavy atom. The molecule has 2 heterocycles. The fraction of sp³-hybridized carbons (Fsp3) is 0.194. The molecule has 0 fully saturated rings. The molecule has 0 saturated carbocycles. The van der Waals surface area contributed by atoms with E-state index in [2.05, 4.69) is 20.9 Å². The number of carbonyl (C=O) groups excluding carboxylic acids is 1. The second kappa shape index (κ2) is 12.5. The number of carbonyl (C=O) groups is 1. The minimum absolute atomic E-state index is 0.206.